The van der Waals surface area contributed by atoms with E-state index in [9.17, 15) is 13.6 Å². The molecule has 3 N–H and O–H groups in total. The number of carbonyl (C=O) groups excluding carboxylic acids is 1. The summed E-state index contributed by atoms with van der Waals surface area (Å²) in [5.74, 6) is -1.12. The van der Waals surface area contributed by atoms with Gasteiger partial charge in [-0.1, -0.05) is 18.2 Å². The number of halogens is 2. The third-order valence-electron chi connectivity index (χ3n) is 7.15. The van der Waals surface area contributed by atoms with Crippen LogP contribution < -0.4 is 16.0 Å². The Balaban J connectivity index is 1.36. The van der Waals surface area contributed by atoms with Crippen molar-refractivity contribution >= 4 is 29.1 Å². The Hall–Kier alpha value is -4.12. The van der Waals surface area contributed by atoms with Gasteiger partial charge in [-0.05, 0) is 67.9 Å². The van der Waals surface area contributed by atoms with E-state index in [1.807, 2.05) is 19.1 Å². The number of hydrogen-bond acceptors (Lipinski definition) is 7. The van der Waals surface area contributed by atoms with Gasteiger partial charge in [-0.25, -0.2) is 8.78 Å². The first-order valence-electron chi connectivity index (χ1n) is 13.2. The van der Waals surface area contributed by atoms with Crippen LogP contribution in [-0.2, 0) is 4.74 Å². The topological polar surface area (TPSA) is 105 Å². The first-order valence-corrected chi connectivity index (χ1v) is 13.2. The van der Waals surface area contributed by atoms with Crippen LogP contribution in [0.3, 0.4) is 0 Å². The van der Waals surface area contributed by atoms with Gasteiger partial charge in [0.2, 0.25) is 11.9 Å². The molecule has 1 saturated heterocycles. The third-order valence-corrected chi connectivity index (χ3v) is 7.15. The number of carbonyl (C=O) groups is 1. The number of nitrogens with zero attached hydrogens (tertiary/aromatic N) is 4. The molecule has 11 heteroatoms. The zero-order valence-electron chi connectivity index (χ0n) is 21.5. The summed E-state index contributed by atoms with van der Waals surface area (Å²) in [6.45, 7) is 3.99. The monoisotopic (exact) mass is 533 g/mol. The van der Waals surface area contributed by atoms with Crippen molar-refractivity contribution in [3.63, 3.8) is 0 Å². The Morgan fingerprint density at radius 2 is 1.92 bits per heavy atom. The van der Waals surface area contributed by atoms with Gasteiger partial charge in [0.25, 0.3) is 5.91 Å². The Morgan fingerprint density at radius 1 is 1.10 bits per heavy atom. The van der Waals surface area contributed by atoms with Gasteiger partial charge in [0.15, 0.2) is 17.3 Å². The smallest absolute Gasteiger partial charge is 0.251 e. The number of nitrogens with one attached hydrogen (secondary N) is 3. The molecule has 0 spiro atoms. The number of anilines is 3. The molecule has 39 heavy (non-hydrogen) atoms. The van der Waals surface area contributed by atoms with Crippen molar-refractivity contribution in [3.05, 3.63) is 65.4 Å². The summed E-state index contributed by atoms with van der Waals surface area (Å²) < 4.78 is 35.4. The Kier molecular flexibility index (Phi) is 6.82. The number of aryl methyl sites for hydroxylation is 1. The first kappa shape index (κ1) is 25.2. The molecule has 2 aromatic carbocycles. The molecule has 0 radical (unpaired) electrons. The SMILES string of the molecule is Cc1cc(-c2cnn3c(NCC4CCOCC4)nc(Nc4cccc(F)c4F)nc23)ccc1C(=O)NC1CC1. The van der Waals surface area contributed by atoms with E-state index in [0.717, 1.165) is 56.1 Å². The zero-order chi connectivity index (χ0) is 26.9. The van der Waals surface area contributed by atoms with Gasteiger partial charge < -0.3 is 20.7 Å². The maximum absolute atomic E-state index is 14.4. The zero-order valence-corrected chi connectivity index (χ0v) is 21.5. The summed E-state index contributed by atoms with van der Waals surface area (Å²) in [5, 5.41) is 13.7. The summed E-state index contributed by atoms with van der Waals surface area (Å²) in [7, 11) is 0. The van der Waals surface area contributed by atoms with E-state index in [2.05, 4.69) is 31.0 Å². The molecular weight excluding hydrogens is 504 g/mol. The van der Waals surface area contributed by atoms with Crippen LogP contribution in [0, 0.1) is 24.5 Å². The van der Waals surface area contributed by atoms with Crippen molar-refractivity contribution in [1.29, 1.82) is 0 Å². The van der Waals surface area contributed by atoms with Crippen LogP contribution in [0.5, 0.6) is 0 Å². The number of amides is 1. The predicted octanol–water partition coefficient (Wildman–Crippen LogP) is 4.85. The molecule has 3 heterocycles. The van der Waals surface area contributed by atoms with Gasteiger partial charge in [-0.3, -0.25) is 4.79 Å². The lowest BCUT2D eigenvalue weighted by atomic mass is 10.0. The molecule has 1 aliphatic heterocycles. The van der Waals surface area contributed by atoms with Crippen LogP contribution in [0.1, 0.15) is 41.6 Å². The number of aromatic nitrogens is 4. The van der Waals surface area contributed by atoms with E-state index >= 15 is 0 Å². The molecule has 202 valence electrons. The van der Waals surface area contributed by atoms with Crippen LogP contribution in [0.4, 0.5) is 26.4 Å². The molecule has 1 amide bonds. The Bertz CT molecular complexity index is 1530. The minimum absolute atomic E-state index is 0.0716. The second-order valence-electron chi connectivity index (χ2n) is 10.1. The van der Waals surface area contributed by atoms with Crippen molar-refractivity contribution in [2.24, 2.45) is 5.92 Å². The van der Waals surface area contributed by atoms with E-state index in [1.54, 1.807) is 16.8 Å². The van der Waals surface area contributed by atoms with Crippen LogP contribution in [0.25, 0.3) is 16.8 Å². The number of hydrogen-bond donors (Lipinski definition) is 3. The van der Waals surface area contributed by atoms with Crippen molar-refractivity contribution in [2.75, 3.05) is 30.4 Å². The maximum Gasteiger partial charge on any atom is 0.251 e. The Morgan fingerprint density at radius 3 is 2.69 bits per heavy atom. The molecule has 0 bridgehead atoms. The lowest BCUT2D eigenvalue weighted by Gasteiger charge is -2.22. The highest BCUT2D eigenvalue weighted by atomic mass is 19.2. The highest BCUT2D eigenvalue weighted by Gasteiger charge is 2.25. The molecule has 0 atom stereocenters. The summed E-state index contributed by atoms with van der Waals surface area (Å²) in [4.78, 5) is 21.8. The molecular formula is C28H29F2N7O2. The largest absolute Gasteiger partial charge is 0.381 e. The van der Waals surface area contributed by atoms with Gasteiger partial charge in [0.05, 0.1) is 11.9 Å². The van der Waals surface area contributed by atoms with Gasteiger partial charge in [-0.15, -0.1) is 0 Å². The van der Waals surface area contributed by atoms with Gasteiger partial charge in [0.1, 0.15) is 0 Å². The van der Waals surface area contributed by atoms with E-state index in [4.69, 9.17) is 4.74 Å². The fourth-order valence-corrected chi connectivity index (χ4v) is 4.74. The fourth-order valence-electron chi connectivity index (χ4n) is 4.74. The van der Waals surface area contributed by atoms with Crippen molar-refractivity contribution in [3.8, 4) is 11.1 Å². The highest BCUT2D eigenvalue weighted by Crippen LogP contribution is 2.29. The molecule has 2 aliphatic rings. The highest BCUT2D eigenvalue weighted by molar-refractivity contribution is 5.97. The number of ether oxygens (including phenoxy) is 1. The predicted molar refractivity (Wildman–Crippen MR) is 143 cm³/mol. The summed E-state index contributed by atoms with van der Waals surface area (Å²) in [6.07, 6.45) is 5.60. The van der Waals surface area contributed by atoms with Crippen molar-refractivity contribution in [2.45, 2.75) is 38.6 Å². The molecule has 1 aliphatic carbocycles. The summed E-state index contributed by atoms with van der Waals surface area (Å²) >= 11 is 0. The van der Waals surface area contributed by atoms with Crippen LogP contribution in [0.2, 0.25) is 0 Å². The van der Waals surface area contributed by atoms with Crippen LogP contribution in [-0.4, -0.2) is 51.3 Å². The van der Waals surface area contributed by atoms with E-state index in [1.165, 1.54) is 12.1 Å². The minimum Gasteiger partial charge on any atom is -0.381 e. The number of rotatable bonds is 8. The fraction of sp³-hybridized carbons (Fsp3) is 0.357. The molecule has 9 nitrogen and oxygen atoms in total. The molecule has 2 fully saturated rings. The lowest BCUT2D eigenvalue weighted by molar-refractivity contribution is 0.0699. The second-order valence-corrected chi connectivity index (χ2v) is 10.1. The summed E-state index contributed by atoms with van der Waals surface area (Å²) in [6, 6.07) is 9.76. The standard InChI is InChI=1S/C28H29F2N7O2/c1-16-13-18(5-8-20(16)26(38)33-19-6-7-19)21-15-32-37-25(21)35-27(34-23-4-2-3-22(29)24(23)30)36-28(37)31-14-17-9-11-39-12-10-17/h2-5,8,13,15,17,19H,6-7,9-12,14H2,1H3,(H,33,38)(H2,31,34,35,36). The van der Waals surface area contributed by atoms with Crippen molar-refractivity contribution < 1.29 is 18.3 Å². The quantitative estimate of drug-likeness (QED) is 0.297. The van der Waals surface area contributed by atoms with E-state index < -0.39 is 11.6 Å². The lowest BCUT2D eigenvalue weighted by Crippen LogP contribution is -2.26. The Labute approximate surface area is 224 Å². The third kappa shape index (κ3) is 5.40. The van der Waals surface area contributed by atoms with Crippen LogP contribution in [0.15, 0.2) is 42.6 Å². The normalized spacial score (nSPS) is 15.9. The summed E-state index contributed by atoms with van der Waals surface area (Å²) in [5.41, 5.74) is 3.40. The molecule has 0 unspecified atom stereocenters. The van der Waals surface area contributed by atoms with E-state index in [0.29, 0.717) is 35.2 Å². The van der Waals surface area contributed by atoms with Gasteiger partial charge in [0, 0.05) is 36.9 Å². The van der Waals surface area contributed by atoms with Gasteiger partial charge >= 0.3 is 0 Å². The molecule has 2 aromatic heterocycles. The van der Waals surface area contributed by atoms with Crippen molar-refractivity contribution in [1.82, 2.24) is 24.9 Å². The average molecular weight is 534 g/mol. The minimum atomic E-state index is -1.01. The molecule has 6 rings (SSSR count). The second kappa shape index (κ2) is 10.6. The molecule has 1 saturated carbocycles. The number of fused-ring (bicyclic) bond motifs is 1. The van der Waals surface area contributed by atoms with Gasteiger partial charge in [-0.2, -0.15) is 19.6 Å². The maximum atomic E-state index is 14.4. The number of benzene rings is 2. The molecule has 4 aromatic rings. The first-order chi connectivity index (χ1) is 19.0. The van der Waals surface area contributed by atoms with E-state index in [-0.39, 0.29) is 23.6 Å². The van der Waals surface area contributed by atoms with Crippen LogP contribution >= 0.6 is 0 Å². The average Bonchev–Trinajstić information content (AvgIpc) is 3.65.